The number of hydrogen-bond acceptors (Lipinski definition) is 4. The molecule has 0 saturated heterocycles. The van der Waals surface area contributed by atoms with E-state index in [9.17, 15) is 28.6 Å². The molecule has 3 N–H and O–H groups in total. The van der Waals surface area contributed by atoms with Crippen LogP contribution in [0.4, 0.5) is 8.78 Å². The van der Waals surface area contributed by atoms with Gasteiger partial charge in [-0.1, -0.05) is 25.5 Å². The summed E-state index contributed by atoms with van der Waals surface area (Å²) in [5.41, 5.74) is 0. The first-order chi connectivity index (χ1) is 12.7. The Morgan fingerprint density at radius 2 is 2.04 bits per heavy atom. The van der Waals surface area contributed by atoms with Gasteiger partial charge in [0.15, 0.2) is 0 Å². The van der Waals surface area contributed by atoms with E-state index in [1.165, 1.54) is 0 Å². The number of aliphatic hydroxyl groups is 2. The number of Topliss-reactive ketones (excluding diaryl/α,β-unsaturated/α-hetero) is 1. The fourth-order valence-corrected chi connectivity index (χ4v) is 3.58. The van der Waals surface area contributed by atoms with Crippen molar-refractivity contribution in [2.45, 2.75) is 89.3 Å². The van der Waals surface area contributed by atoms with Crippen LogP contribution in [0, 0.1) is 11.8 Å². The van der Waals surface area contributed by atoms with Gasteiger partial charge in [0, 0.05) is 25.2 Å². The minimum absolute atomic E-state index is 0.0184. The van der Waals surface area contributed by atoms with E-state index in [-0.39, 0.29) is 43.8 Å². The van der Waals surface area contributed by atoms with Crippen LogP contribution in [0.25, 0.3) is 0 Å². The molecule has 0 aromatic carbocycles. The number of unbranched alkanes of at least 4 members (excludes halogenated alkanes) is 2. The number of carbonyl (C=O) groups is 2. The van der Waals surface area contributed by atoms with Crippen molar-refractivity contribution in [1.82, 2.24) is 0 Å². The summed E-state index contributed by atoms with van der Waals surface area (Å²) in [5.74, 6) is -5.02. The van der Waals surface area contributed by atoms with Crippen LogP contribution in [0.1, 0.15) is 71.1 Å². The van der Waals surface area contributed by atoms with Gasteiger partial charge in [-0.25, -0.2) is 8.78 Å². The minimum atomic E-state index is -3.16. The first-order valence-corrected chi connectivity index (χ1v) is 9.82. The molecule has 0 heterocycles. The number of allylic oxidation sites excluding steroid dienone is 2. The molecule has 5 nitrogen and oxygen atoms in total. The van der Waals surface area contributed by atoms with E-state index in [0.29, 0.717) is 32.1 Å². The summed E-state index contributed by atoms with van der Waals surface area (Å²) in [6, 6.07) is 0. The van der Waals surface area contributed by atoms with Gasteiger partial charge >= 0.3 is 5.97 Å². The van der Waals surface area contributed by atoms with E-state index in [4.69, 9.17) is 5.11 Å². The fraction of sp³-hybridized carbons (Fsp3) is 0.800. The summed E-state index contributed by atoms with van der Waals surface area (Å²) in [4.78, 5) is 22.6. The number of hydrogen-bond donors (Lipinski definition) is 3. The molecule has 7 heteroatoms. The van der Waals surface area contributed by atoms with Crippen molar-refractivity contribution in [3.05, 3.63) is 12.2 Å². The molecule has 156 valence electrons. The van der Waals surface area contributed by atoms with Gasteiger partial charge in [-0.3, -0.25) is 9.59 Å². The van der Waals surface area contributed by atoms with Gasteiger partial charge < -0.3 is 15.3 Å². The molecule has 27 heavy (non-hydrogen) atoms. The van der Waals surface area contributed by atoms with E-state index in [1.54, 1.807) is 6.92 Å². The molecule has 0 bridgehead atoms. The van der Waals surface area contributed by atoms with E-state index in [1.807, 2.05) is 12.2 Å². The first-order valence-electron chi connectivity index (χ1n) is 9.82. The molecule has 0 aromatic heterocycles. The number of carboxylic acids is 1. The van der Waals surface area contributed by atoms with Crippen LogP contribution in [-0.4, -0.2) is 45.2 Å². The zero-order chi connectivity index (χ0) is 20.4. The third-order valence-electron chi connectivity index (χ3n) is 5.27. The fourth-order valence-electron chi connectivity index (χ4n) is 3.58. The molecule has 0 amide bonds. The molecule has 0 aliphatic heterocycles. The predicted octanol–water partition coefficient (Wildman–Crippen LogP) is 3.72. The lowest BCUT2D eigenvalue weighted by molar-refractivity contribution is -0.137. The Bertz CT molecular complexity index is 507. The van der Waals surface area contributed by atoms with Gasteiger partial charge in [-0.15, -0.1) is 0 Å². The molecular weight excluding hydrogens is 358 g/mol. The highest BCUT2D eigenvalue weighted by Crippen LogP contribution is 2.37. The molecule has 0 spiro atoms. The van der Waals surface area contributed by atoms with E-state index in [0.717, 1.165) is 0 Å². The Morgan fingerprint density at radius 1 is 1.33 bits per heavy atom. The van der Waals surface area contributed by atoms with Gasteiger partial charge in [-0.2, -0.15) is 0 Å². The zero-order valence-electron chi connectivity index (χ0n) is 15.9. The Labute approximate surface area is 159 Å². The van der Waals surface area contributed by atoms with Crippen LogP contribution in [0.5, 0.6) is 0 Å². The van der Waals surface area contributed by atoms with E-state index >= 15 is 0 Å². The summed E-state index contributed by atoms with van der Waals surface area (Å²) < 4.78 is 27.8. The molecule has 1 rings (SSSR count). The van der Waals surface area contributed by atoms with Crippen LogP contribution in [-0.2, 0) is 9.59 Å². The quantitative estimate of drug-likeness (QED) is 0.329. The minimum Gasteiger partial charge on any atom is -0.481 e. The molecule has 0 aromatic rings. The lowest BCUT2D eigenvalue weighted by atomic mass is 9.85. The molecule has 1 aliphatic carbocycles. The van der Waals surface area contributed by atoms with Crippen molar-refractivity contribution in [3.8, 4) is 0 Å². The second kappa shape index (κ2) is 11.5. The zero-order valence-corrected chi connectivity index (χ0v) is 15.9. The third kappa shape index (κ3) is 8.05. The van der Waals surface area contributed by atoms with Crippen LogP contribution >= 0.6 is 0 Å². The van der Waals surface area contributed by atoms with Gasteiger partial charge in [-0.05, 0) is 44.4 Å². The summed E-state index contributed by atoms with van der Waals surface area (Å²) >= 11 is 0. The average Bonchev–Trinajstić information content (AvgIpc) is 2.86. The summed E-state index contributed by atoms with van der Waals surface area (Å²) in [6.07, 6.45) is 3.26. The maximum Gasteiger partial charge on any atom is 0.303 e. The van der Waals surface area contributed by atoms with Crippen LogP contribution in [0.2, 0.25) is 0 Å². The first kappa shape index (κ1) is 23.7. The molecule has 4 unspecified atom stereocenters. The number of aliphatic carboxylic acids is 1. The Balaban J connectivity index is 2.52. The predicted molar refractivity (Wildman–Crippen MR) is 97.6 cm³/mol. The van der Waals surface area contributed by atoms with Gasteiger partial charge in [0.1, 0.15) is 11.9 Å². The standard InChI is InChI=1S/C20H32F2O5/c1-2-3-12-20(21,22)18(25)11-10-15-14(16(23)13-17(15)24)8-6-4-5-7-9-19(26)27/h4,6,14-16,18,23,25H,2-3,5,7-13H2,1H3,(H,26,27). The SMILES string of the molecule is CCCCC(F)(F)C(O)CCC1C(=O)CC(O)C1CC=CCCCC(=O)O. The number of aliphatic hydroxyl groups excluding tert-OH is 2. The molecule has 1 aliphatic rings. The number of rotatable bonds is 13. The second-order valence-electron chi connectivity index (χ2n) is 7.46. The van der Waals surface area contributed by atoms with Crippen LogP contribution in [0.3, 0.4) is 0 Å². The van der Waals surface area contributed by atoms with E-state index in [2.05, 4.69) is 0 Å². The monoisotopic (exact) mass is 390 g/mol. The molecular formula is C20H32F2O5. The summed E-state index contributed by atoms with van der Waals surface area (Å²) in [7, 11) is 0. The lowest BCUT2D eigenvalue weighted by Gasteiger charge is -2.25. The van der Waals surface area contributed by atoms with Crippen LogP contribution < -0.4 is 0 Å². The highest BCUT2D eigenvalue weighted by Gasteiger charge is 2.43. The van der Waals surface area contributed by atoms with Crippen molar-refractivity contribution < 1.29 is 33.7 Å². The van der Waals surface area contributed by atoms with Crippen molar-refractivity contribution in [1.29, 1.82) is 0 Å². The maximum absolute atomic E-state index is 13.9. The molecule has 0 radical (unpaired) electrons. The highest BCUT2D eigenvalue weighted by molar-refractivity contribution is 5.84. The molecule has 1 fully saturated rings. The summed E-state index contributed by atoms with van der Waals surface area (Å²) in [5, 5.41) is 28.5. The molecule has 4 atom stereocenters. The number of ketones is 1. The summed E-state index contributed by atoms with van der Waals surface area (Å²) in [6.45, 7) is 1.81. The maximum atomic E-state index is 13.9. The number of carbonyl (C=O) groups excluding carboxylic acids is 1. The number of alkyl halides is 2. The number of halogens is 2. The van der Waals surface area contributed by atoms with Gasteiger partial charge in [0.2, 0.25) is 0 Å². The van der Waals surface area contributed by atoms with Crippen molar-refractivity contribution in [2.75, 3.05) is 0 Å². The Kier molecular flexibility index (Phi) is 10.1. The Hall–Kier alpha value is -1.34. The van der Waals surface area contributed by atoms with Crippen molar-refractivity contribution in [2.24, 2.45) is 11.8 Å². The largest absolute Gasteiger partial charge is 0.481 e. The number of carboxylic acid groups (broad SMARTS) is 1. The Morgan fingerprint density at radius 3 is 2.67 bits per heavy atom. The average molecular weight is 390 g/mol. The van der Waals surface area contributed by atoms with Crippen LogP contribution in [0.15, 0.2) is 12.2 Å². The third-order valence-corrected chi connectivity index (χ3v) is 5.27. The highest BCUT2D eigenvalue weighted by atomic mass is 19.3. The van der Waals surface area contributed by atoms with Gasteiger partial charge in [0.05, 0.1) is 6.10 Å². The topological polar surface area (TPSA) is 94.8 Å². The van der Waals surface area contributed by atoms with Gasteiger partial charge in [0.25, 0.3) is 5.92 Å². The smallest absolute Gasteiger partial charge is 0.303 e. The van der Waals surface area contributed by atoms with Crippen molar-refractivity contribution in [3.63, 3.8) is 0 Å². The second-order valence-corrected chi connectivity index (χ2v) is 7.46. The van der Waals surface area contributed by atoms with Crippen molar-refractivity contribution >= 4 is 11.8 Å². The normalized spacial score (nSPS) is 24.6. The lowest BCUT2D eigenvalue weighted by Crippen LogP contribution is -2.34. The molecule has 1 saturated carbocycles. The van der Waals surface area contributed by atoms with E-state index < -0.39 is 30.0 Å².